The SMILES string of the molecule is COc1ccc(C(CN)CCOc2ccc(C)cc2)c(OC)c1. The number of ether oxygens (including phenoxy) is 3. The summed E-state index contributed by atoms with van der Waals surface area (Å²) in [5.41, 5.74) is 8.26. The van der Waals surface area contributed by atoms with E-state index in [4.69, 9.17) is 19.9 Å². The topological polar surface area (TPSA) is 53.7 Å². The number of methoxy groups -OCH3 is 2. The molecule has 0 amide bonds. The number of hydrogen-bond acceptors (Lipinski definition) is 4. The third-order valence-corrected chi connectivity index (χ3v) is 3.92. The molecule has 2 rings (SSSR count). The highest BCUT2D eigenvalue weighted by atomic mass is 16.5. The average molecular weight is 315 g/mol. The number of aryl methyl sites for hydroxylation is 1. The number of nitrogens with two attached hydrogens (primary N) is 1. The van der Waals surface area contributed by atoms with Gasteiger partial charge in [-0.1, -0.05) is 23.8 Å². The van der Waals surface area contributed by atoms with E-state index >= 15 is 0 Å². The monoisotopic (exact) mass is 315 g/mol. The van der Waals surface area contributed by atoms with Crippen LogP contribution in [0.2, 0.25) is 0 Å². The molecule has 124 valence electrons. The quantitative estimate of drug-likeness (QED) is 0.810. The van der Waals surface area contributed by atoms with E-state index in [1.807, 2.05) is 42.5 Å². The van der Waals surface area contributed by atoms with Gasteiger partial charge in [0.2, 0.25) is 0 Å². The standard InChI is InChI=1S/C19H25NO3/c1-14-4-6-16(7-5-14)23-11-10-15(13-20)18-9-8-17(21-2)12-19(18)22-3/h4-9,12,15H,10-11,13,20H2,1-3H3. The van der Waals surface area contributed by atoms with E-state index in [2.05, 4.69) is 6.92 Å². The largest absolute Gasteiger partial charge is 0.497 e. The van der Waals surface area contributed by atoms with E-state index in [9.17, 15) is 0 Å². The predicted octanol–water partition coefficient (Wildman–Crippen LogP) is 3.52. The maximum Gasteiger partial charge on any atom is 0.126 e. The van der Waals surface area contributed by atoms with Gasteiger partial charge in [0.1, 0.15) is 17.2 Å². The van der Waals surface area contributed by atoms with Crippen LogP contribution in [0.1, 0.15) is 23.5 Å². The van der Waals surface area contributed by atoms with Gasteiger partial charge in [-0.25, -0.2) is 0 Å². The van der Waals surface area contributed by atoms with Gasteiger partial charge >= 0.3 is 0 Å². The summed E-state index contributed by atoms with van der Waals surface area (Å²) in [5, 5.41) is 0. The molecule has 0 heterocycles. The van der Waals surface area contributed by atoms with Crippen molar-refractivity contribution < 1.29 is 14.2 Å². The second-order valence-corrected chi connectivity index (χ2v) is 5.49. The van der Waals surface area contributed by atoms with Gasteiger partial charge in [0.15, 0.2) is 0 Å². The molecule has 0 aromatic heterocycles. The van der Waals surface area contributed by atoms with Crippen LogP contribution in [0.3, 0.4) is 0 Å². The summed E-state index contributed by atoms with van der Waals surface area (Å²) in [4.78, 5) is 0. The van der Waals surface area contributed by atoms with E-state index in [1.165, 1.54) is 5.56 Å². The molecular formula is C19H25NO3. The van der Waals surface area contributed by atoms with Crippen LogP contribution in [0, 0.1) is 6.92 Å². The first-order valence-corrected chi connectivity index (χ1v) is 7.79. The maximum atomic E-state index is 5.96. The van der Waals surface area contributed by atoms with Crippen molar-refractivity contribution in [1.29, 1.82) is 0 Å². The number of hydrogen-bond donors (Lipinski definition) is 1. The van der Waals surface area contributed by atoms with Crippen molar-refractivity contribution in [2.75, 3.05) is 27.4 Å². The first kappa shape index (κ1) is 17.2. The smallest absolute Gasteiger partial charge is 0.126 e. The van der Waals surface area contributed by atoms with E-state index < -0.39 is 0 Å². The van der Waals surface area contributed by atoms with Gasteiger partial charge in [-0.05, 0) is 43.7 Å². The van der Waals surface area contributed by atoms with Crippen LogP contribution in [0.15, 0.2) is 42.5 Å². The van der Waals surface area contributed by atoms with Crippen LogP contribution < -0.4 is 19.9 Å². The summed E-state index contributed by atoms with van der Waals surface area (Å²) in [6.07, 6.45) is 0.826. The van der Waals surface area contributed by atoms with Crippen molar-refractivity contribution in [3.63, 3.8) is 0 Å². The zero-order valence-corrected chi connectivity index (χ0v) is 14.0. The van der Waals surface area contributed by atoms with Crippen molar-refractivity contribution in [2.45, 2.75) is 19.3 Å². The number of benzene rings is 2. The van der Waals surface area contributed by atoms with E-state index in [1.54, 1.807) is 14.2 Å². The Morgan fingerprint density at radius 1 is 0.957 bits per heavy atom. The fourth-order valence-corrected chi connectivity index (χ4v) is 2.51. The van der Waals surface area contributed by atoms with Gasteiger partial charge in [-0.15, -0.1) is 0 Å². The van der Waals surface area contributed by atoms with Crippen LogP contribution in [-0.2, 0) is 0 Å². The molecule has 0 fully saturated rings. The third kappa shape index (κ3) is 4.63. The molecule has 4 heteroatoms. The van der Waals surface area contributed by atoms with Crippen molar-refractivity contribution in [1.82, 2.24) is 0 Å². The fraction of sp³-hybridized carbons (Fsp3) is 0.368. The van der Waals surface area contributed by atoms with Crippen LogP contribution in [0.25, 0.3) is 0 Å². The summed E-state index contributed by atoms with van der Waals surface area (Å²) >= 11 is 0. The van der Waals surface area contributed by atoms with Crippen LogP contribution in [0.4, 0.5) is 0 Å². The van der Waals surface area contributed by atoms with Crippen LogP contribution in [0.5, 0.6) is 17.2 Å². The Hall–Kier alpha value is -2.20. The van der Waals surface area contributed by atoms with Gasteiger partial charge in [0.25, 0.3) is 0 Å². The molecule has 2 N–H and O–H groups in total. The molecule has 1 atom stereocenters. The molecule has 0 spiro atoms. The molecule has 0 radical (unpaired) electrons. The third-order valence-electron chi connectivity index (χ3n) is 3.92. The highest BCUT2D eigenvalue weighted by Crippen LogP contribution is 2.32. The van der Waals surface area contributed by atoms with E-state index in [0.717, 1.165) is 29.2 Å². The second kappa shape index (κ2) is 8.44. The van der Waals surface area contributed by atoms with Gasteiger partial charge < -0.3 is 19.9 Å². The molecule has 0 saturated heterocycles. The highest BCUT2D eigenvalue weighted by Gasteiger charge is 2.16. The Morgan fingerprint density at radius 3 is 2.26 bits per heavy atom. The second-order valence-electron chi connectivity index (χ2n) is 5.49. The Balaban J connectivity index is 2.00. The fourth-order valence-electron chi connectivity index (χ4n) is 2.51. The molecule has 1 unspecified atom stereocenters. The summed E-state index contributed by atoms with van der Waals surface area (Å²) < 4.78 is 16.5. The van der Waals surface area contributed by atoms with Gasteiger partial charge in [0.05, 0.1) is 20.8 Å². The maximum absolute atomic E-state index is 5.96. The lowest BCUT2D eigenvalue weighted by Gasteiger charge is -2.19. The molecular weight excluding hydrogens is 290 g/mol. The highest BCUT2D eigenvalue weighted by molar-refractivity contribution is 5.43. The normalized spacial score (nSPS) is 11.8. The molecule has 0 bridgehead atoms. The van der Waals surface area contributed by atoms with E-state index in [-0.39, 0.29) is 5.92 Å². The molecule has 2 aromatic carbocycles. The lowest BCUT2D eigenvalue weighted by molar-refractivity contribution is 0.296. The van der Waals surface area contributed by atoms with Gasteiger partial charge in [-0.2, -0.15) is 0 Å². The Labute approximate surface area is 138 Å². The first-order chi connectivity index (χ1) is 11.2. The summed E-state index contributed by atoms with van der Waals surface area (Å²) in [6, 6.07) is 13.9. The van der Waals surface area contributed by atoms with Crippen LogP contribution in [-0.4, -0.2) is 27.4 Å². The minimum Gasteiger partial charge on any atom is -0.497 e. The van der Waals surface area contributed by atoms with Gasteiger partial charge in [0, 0.05) is 12.0 Å². The molecule has 0 aliphatic rings. The zero-order valence-electron chi connectivity index (χ0n) is 14.0. The van der Waals surface area contributed by atoms with Gasteiger partial charge in [-0.3, -0.25) is 0 Å². The molecule has 23 heavy (non-hydrogen) atoms. The van der Waals surface area contributed by atoms with Crippen molar-refractivity contribution in [3.05, 3.63) is 53.6 Å². The lowest BCUT2D eigenvalue weighted by Crippen LogP contribution is -2.16. The zero-order chi connectivity index (χ0) is 16.7. The van der Waals surface area contributed by atoms with Crippen molar-refractivity contribution in [2.24, 2.45) is 5.73 Å². The molecule has 4 nitrogen and oxygen atoms in total. The Morgan fingerprint density at radius 2 is 1.65 bits per heavy atom. The summed E-state index contributed by atoms with van der Waals surface area (Å²) in [5.74, 6) is 2.64. The molecule has 0 saturated carbocycles. The Kier molecular flexibility index (Phi) is 6.29. The predicted molar refractivity (Wildman–Crippen MR) is 92.6 cm³/mol. The number of rotatable bonds is 8. The minimum absolute atomic E-state index is 0.182. The van der Waals surface area contributed by atoms with E-state index in [0.29, 0.717) is 13.2 Å². The molecule has 0 aliphatic heterocycles. The van der Waals surface area contributed by atoms with Crippen molar-refractivity contribution in [3.8, 4) is 17.2 Å². The minimum atomic E-state index is 0.182. The lowest BCUT2D eigenvalue weighted by atomic mass is 9.95. The van der Waals surface area contributed by atoms with Crippen molar-refractivity contribution >= 4 is 0 Å². The Bertz CT molecular complexity index is 611. The molecule has 2 aromatic rings. The van der Waals surface area contributed by atoms with Crippen LogP contribution >= 0.6 is 0 Å². The summed E-state index contributed by atoms with van der Waals surface area (Å²) in [7, 11) is 3.30. The average Bonchev–Trinajstić information content (AvgIpc) is 2.60. The summed E-state index contributed by atoms with van der Waals surface area (Å²) in [6.45, 7) is 3.21. The molecule has 0 aliphatic carbocycles. The first-order valence-electron chi connectivity index (χ1n) is 7.79.